The molecule has 0 bridgehead atoms. The van der Waals surface area contributed by atoms with E-state index < -0.39 is 0 Å². The Kier molecular flexibility index (Phi) is 3.37. The number of halogens is 2. The molecule has 0 aromatic heterocycles. The van der Waals surface area contributed by atoms with Crippen LogP contribution in [0.5, 0.6) is 0 Å². The van der Waals surface area contributed by atoms with Gasteiger partial charge in [-0.3, -0.25) is 0 Å². The van der Waals surface area contributed by atoms with Gasteiger partial charge in [-0.05, 0) is 30.3 Å². The molecule has 1 rings (SSSR count). The van der Waals surface area contributed by atoms with Gasteiger partial charge in [-0.2, -0.15) is 0 Å². The molecule has 0 heterocycles. The minimum atomic E-state index is 0.173. The summed E-state index contributed by atoms with van der Waals surface area (Å²) in [5.41, 5.74) is 1.17. The number of nitrogens with one attached hydrogen (secondary N) is 1. The van der Waals surface area contributed by atoms with Crippen LogP contribution in [0.3, 0.4) is 0 Å². The molecular weight excluding hydrogens is 225 g/mol. The average molecular weight is 235 g/mol. The van der Waals surface area contributed by atoms with Crippen LogP contribution in [-0.4, -0.2) is 0 Å². The van der Waals surface area contributed by atoms with Crippen molar-refractivity contribution >= 4 is 27.7 Å². The Morgan fingerprint density at radius 2 is 2.09 bits per heavy atom. The van der Waals surface area contributed by atoms with Gasteiger partial charge in [-0.1, -0.05) is 34.1 Å². The predicted octanol–water partition coefficient (Wildman–Crippen LogP) is 3.25. The van der Waals surface area contributed by atoms with Crippen LogP contribution in [0, 0.1) is 0 Å². The van der Waals surface area contributed by atoms with Crippen molar-refractivity contribution in [2.45, 2.75) is 13.0 Å². The van der Waals surface area contributed by atoms with E-state index in [2.05, 4.69) is 20.8 Å². The first-order valence-corrected chi connectivity index (χ1v) is 4.53. The number of benzene rings is 1. The van der Waals surface area contributed by atoms with Gasteiger partial charge in [0.1, 0.15) is 0 Å². The monoisotopic (exact) mass is 233 g/mol. The van der Waals surface area contributed by atoms with Gasteiger partial charge >= 0.3 is 0 Å². The maximum absolute atomic E-state index is 5.49. The maximum atomic E-state index is 5.49. The van der Waals surface area contributed by atoms with E-state index in [-0.39, 0.29) is 6.04 Å². The third-order valence-electron chi connectivity index (χ3n) is 1.54. The minimum Gasteiger partial charge on any atom is -0.226 e. The zero-order chi connectivity index (χ0) is 8.27. The summed E-state index contributed by atoms with van der Waals surface area (Å²) in [4.78, 5) is 2.66. The van der Waals surface area contributed by atoms with E-state index in [4.69, 9.17) is 11.8 Å². The summed E-state index contributed by atoms with van der Waals surface area (Å²) < 4.78 is 1.08. The van der Waals surface area contributed by atoms with Crippen LogP contribution >= 0.6 is 27.7 Å². The van der Waals surface area contributed by atoms with Gasteiger partial charge in [0.05, 0.1) is 0 Å². The first-order valence-electron chi connectivity index (χ1n) is 3.36. The highest BCUT2D eigenvalue weighted by Crippen LogP contribution is 2.22. The molecule has 0 aliphatic rings. The molecule has 1 aromatic carbocycles. The molecule has 0 saturated heterocycles. The van der Waals surface area contributed by atoms with Gasteiger partial charge in [-0.15, -0.1) is 0 Å². The molecule has 0 saturated carbocycles. The van der Waals surface area contributed by atoms with Crippen molar-refractivity contribution in [1.29, 1.82) is 0 Å². The van der Waals surface area contributed by atoms with E-state index in [1.54, 1.807) is 0 Å². The van der Waals surface area contributed by atoms with Crippen LogP contribution in [0.4, 0.5) is 0 Å². The fourth-order valence-electron chi connectivity index (χ4n) is 0.885. The molecule has 0 aliphatic carbocycles. The number of rotatable bonds is 2. The molecule has 1 atom stereocenters. The molecular formula is C8H9BrClN. The summed E-state index contributed by atoms with van der Waals surface area (Å²) >= 11 is 8.93. The molecule has 0 unspecified atom stereocenters. The van der Waals surface area contributed by atoms with Gasteiger partial charge in [0, 0.05) is 10.5 Å². The highest BCUT2D eigenvalue weighted by molar-refractivity contribution is 9.10. The van der Waals surface area contributed by atoms with Gasteiger partial charge in [0.25, 0.3) is 0 Å². The van der Waals surface area contributed by atoms with Gasteiger partial charge < -0.3 is 0 Å². The highest BCUT2D eigenvalue weighted by atomic mass is 79.9. The van der Waals surface area contributed by atoms with Crippen molar-refractivity contribution in [3.63, 3.8) is 0 Å². The molecule has 1 N–H and O–H groups in total. The van der Waals surface area contributed by atoms with Gasteiger partial charge in [-0.25, -0.2) is 4.84 Å². The van der Waals surface area contributed by atoms with Crippen molar-refractivity contribution in [2.75, 3.05) is 0 Å². The van der Waals surface area contributed by atoms with Crippen molar-refractivity contribution in [3.05, 3.63) is 34.3 Å². The quantitative estimate of drug-likeness (QED) is 0.775. The van der Waals surface area contributed by atoms with Crippen LogP contribution in [0.25, 0.3) is 0 Å². The Morgan fingerprint density at radius 3 is 2.64 bits per heavy atom. The Hall–Kier alpha value is -0.0500. The SMILES string of the molecule is C[C@@H](NCl)c1ccccc1Br. The molecule has 0 spiro atoms. The molecule has 0 radical (unpaired) electrons. The fraction of sp³-hybridized carbons (Fsp3) is 0.250. The van der Waals surface area contributed by atoms with Crippen LogP contribution < -0.4 is 4.84 Å². The smallest absolute Gasteiger partial charge is 0.0453 e. The lowest BCUT2D eigenvalue weighted by Gasteiger charge is -2.09. The van der Waals surface area contributed by atoms with E-state index in [1.165, 1.54) is 5.56 Å². The maximum Gasteiger partial charge on any atom is 0.0453 e. The summed E-state index contributed by atoms with van der Waals surface area (Å²) in [5.74, 6) is 0. The Balaban J connectivity index is 2.93. The van der Waals surface area contributed by atoms with Gasteiger partial charge in [0.15, 0.2) is 0 Å². The number of hydrogen-bond acceptors (Lipinski definition) is 1. The summed E-state index contributed by atoms with van der Waals surface area (Å²) in [6.45, 7) is 2.01. The average Bonchev–Trinajstić information content (AvgIpc) is 2.04. The first-order chi connectivity index (χ1) is 5.25. The Labute approximate surface area is 80.0 Å². The van der Waals surface area contributed by atoms with E-state index in [0.717, 1.165) is 4.47 Å². The van der Waals surface area contributed by atoms with Crippen LogP contribution in [0.2, 0.25) is 0 Å². The molecule has 0 amide bonds. The van der Waals surface area contributed by atoms with Crippen LogP contribution in [0.15, 0.2) is 28.7 Å². The standard InChI is InChI=1S/C8H9BrClN/c1-6(11-10)7-4-2-3-5-8(7)9/h2-6,11H,1H3/t6-/m1/s1. The van der Waals surface area contributed by atoms with E-state index in [1.807, 2.05) is 31.2 Å². The molecule has 1 nitrogen and oxygen atoms in total. The third kappa shape index (κ3) is 2.19. The van der Waals surface area contributed by atoms with Crippen molar-refractivity contribution in [3.8, 4) is 0 Å². The molecule has 0 fully saturated rings. The lowest BCUT2D eigenvalue weighted by atomic mass is 10.1. The lowest BCUT2D eigenvalue weighted by Crippen LogP contribution is -2.06. The minimum absolute atomic E-state index is 0.173. The van der Waals surface area contributed by atoms with Gasteiger partial charge in [0.2, 0.25) is 0 Å². The largest absolute Gasteiger partial charge is 0.226 e. The topological polar surface area (TPSA) is 12.0 Å². The molecule has 0 aliphatic heterocycles. The highest BCUT2D eigenvalue weighted by Gasteiger charge is 2.05. The van der Waals surface area contributed by atoms with Crippen LogP contribution in [-0.2, 0) is 0 Å². The normalized spacial score (nSPS) is 13.0. The lowest BCUT2D eigenvalue weighted by molar-refractivity contribution is 0.741. The van der Waals surface area contributed by atoms with E-state index in [9.17, 15) is 0 Å². The van der Waals surface area contributed by atoms with E-state index >= 15 is 0 Å². The molecule has 60 valence electrons. The second-order valence-electron chi connectivity index (χ2n) is 2.35. The predicted molar refractivity (Wildman–Crippen MR) is 51.5 cm³/mol. The first kappa shape index (κ1) is 9.04. The summed E-state index contributed by atoms with van der Waals surface area (Å²) in [6.07, 6.45) is 0. The van der Waals surface area contributed by atoms with Crippen molar-refractivity contribution in [2.24, 2.45) is 0 Å². The summed E-state index contributed by atoms with van der Waals surface area (Å²) in [5, 5.41) is 0. The second kappa shape index (κ2) is 4.10. The fourth-order valence-corrected chi connectivity index (χ4v) is 1.63. The summed E-state index contributed by atoms with van der Waals surface area (Å²) in [7, 11) is 0. The zero-order valence-corrected chi connectivity index (χ0v) is 8.48. The third-order valence-corrected chi connectivity index (χ3v) is 2.58. The van der Waals surface area contributed by atoms with E-state index in [0.29, 0.717) is 0 Å². The van der Waals surface area contributed by atoms with Crippen molar-refractivity contribution in [1.82, 2.24) is 4.84 Å². The molecule has 11 heavy (non-hydrogen) atoms. The summed E-state index contributed by atoms with van der Waals surface area (Å²) in [6, 6.07) is 8.18. The number of hydrogen-bond donors (Lipinski definition) is 1. The zero-order valence-electron chi connectivity index (χ0n) is 6.14. The van der Waals surface area contributed by atoms with Crippen LogP contribution in [0.1, 0.15) is 18.5 Å². The second-order valence-corrected chi connectivity index (χ2v) is 3.42. The molecule has 1 aromatic rings. The Bertz CT molecular complexity index is 239. The van der Waals surface area contributed by atoms with Crippen molar-refractivity contribution < 1.29 is 0 Å². The molecule has 3 heteroatoms. The Morgan fingerprint density at radius 1 is 1.45 bits per heavy atom.